The zero-order valence-electron chi connectivity index (χ0n) is 4.35. The van der Waals surface area contributed by atoms with Crippen LogP contribution in [-0.4, -0.2) is 9.76 Å². The molecule has 1 atom stereocenters. The van der Waals surface area contributed by atoms with Gasteiger partial charge in [0.15, 0.2) is 0 Å². The van der Waals surface area contributed by atoms with Gasteiger partial charge in [-0.2, -0.15) is 5.26 Å². The van der Waals surface area contributed by atoms with Crippen LogP contribution < -0.4 is 0 Å². The predicted octanol–water partition coefficient (Wildman–Crippen LogP) is 0.0787. The van der Waals surface area contributed by atoms with E-state index in [0.717, 1.165) is 0 Å². The van der Waals surface area contributed by atoms with Gasteiger partial charge in [-0.15, -0.1) is 0 Å². The van der Waals surface area contributed by atoms with Crippen LogP contribution in [0.15, 0.2) is 0 Å². The molecule has 0 bridgehead atoms. The Morgan fingerprint density at radius 1 is 2.00 bits per heavy atom. The summed E-state index contributed by atoms with van der Waals surface area (Å²) < 4.78 is 0. The lowest BCUT2D eigenvalue weighted by atomic mass is 10.3. The summed E-state index contributed by atoms with van der Waals surface area (Å²) in [6.07, 6.45) is 0. The zero-order chi connectivity index (χ0) is 5.70. The van der Waals surface area contributed by atoms with Gasteiger partial charge < -0.3 is 4.80 Å². The number of nitrogens with zero attached hydrogens (tertiary/aromatic N) is 1. The Kier molecular flexibility index (Phi) is 3.66. The van der Waals surface area contributed by atoms with Crippen LogP contribution in [0.25, 0.3) is 0 Å². The van der Waals surface area contributed by atoms with Crippen LogP contribution in [0.2, 0.25) is 6.04 Å². The van der Waals surface area contributed by atoms with Crippen molar-refractivity contribution in [3.05, 3.63) is 0 Å². The fourth-order valence-electron chi connectivity index (χ4n) is 0.241. The van der Waals surface area contributed by atoms with Crippen LogP contribution in [-0.2, 0) is 4.80 Å². The maximum atomic E-state index is 9.89. The van der Waals surface area contributed by atoms with Gasteiger partial charge in [-0.1, -0.05) is 0 Å². The molecule has 0 saturated heterocycles. The molecule has 0 amide bonds. The molecule has 39 valence electrons. The van der Waals surface area contributed by atoms with E-state index < -0.39 is 9.76 Å². The molecule has 3 heteroatoms. The van der Waals surface area contributed by atoms with Gasteiger partial charge in [0.1, 0.15) is 0 Å². The second kappa shape index (κ2) is 3.84. The van der Waals surface area contributed by atoms with Crippen molar-refractivity contribution in [3.8, 4) is 6.07 Å². The van der Waals surface area contributed by atoms with Crippen LogP contribution in [0.5, 0.6) is 0 Å². The van der Waals surface area contributed by atoms with E-state index in [1.54, 1.807) is 6.92 Å². The summed E-state index contributed by atoms with van der Waals surface area (Å²) in [5.74, 6) is 0.00386. The van der Waals surface area contributed by atoms with Gasteiger partial charge in [-0.05, 0) is 13.0 Å². The highest BCUT2D eigenvalue weighted by Crippen LogP contribution is 1.95. The SMILES string of the molecule is CC(C#N)C[SiH2][O]. The molecule has 0 spiro atoms. The largest absolute Gasteiger partial charge is 0.306 e. The average Bonchev–Trinajstić information content (AvgIpc) is 1.68. The smallest absolute Gasteiger partial charge is 0.208 e. The van der Waals surface area contributed by atoms with Crippen LogP contribution in [0, 0.1) is 17.2 Å². The molecule has 1 unspecified atom stereocenters. The second-order valence-electron chi connectivity index (χ2n) is 1.52. The number of hydrogen-bond donors (Lipinski definition) is 0. The van der Waals surface area contributed by atoms with Crippen LogP contribution >= 0.6 is 0 Å². The van der Waals surface area contributed by atoms with E-state index >= 15 is 0 Å². The van der Waals surface area contributed by atoms with E-state index in [0.29, 0.717) is 6.04 Å². The van der Waals surface area contributed by atoms with E-state index in [-0.39, 0.29) is 5.92 Å². The first kappa shape index (κ1) is 6.67. The minimum atomic E-state index is -1.12. The topological polar surface area (TPSA) is 43.7 Å². The Morgan fingerprint density at radius 3 is 2.71 bits per heavy atom. The summed E-state index contributed by atoms with van der Waals surface area (Å²) in [5.41, 5.74) is 0. The van der Waals surface area contributed by atoms with Gasteiger partial charge >= 0.3 is 0 Å². The van der Waals surface area contributed by atoms with Crippen molar-refractivity contribution in [2.24, 2.45) is 5.92 Å². The Bertz CT molecular complexity index is 78.2. The minimum absolute atomic E-state index is 0.00386. The van der Waals surface area contributed by atoms with Crippen LogP contribution in [0.4, 0.5) is 0 Å². The highest BCUT2D eigenvalue weighted by Gasteiger charge is 1.95. The van der Waals surface area contributed by atoms with Crippen molar-refractivity contribution in [2.75, 3.05) is 0 Å². The van der Waals surface area contributed by atoms with Crippen molar-refractivity contribution < 1.29 is 4.80 Å². The highest BCUT2D eigenvalue weighted by molar-refractivity contribution is 6.24. The Morgan fingerprint density at radius 2 is 2.57 bits per heavy atom. The molecular weight excluding hydrogens is 106 g/mol. The Hall–Kier alpha value is -0.333. The molecule has 0 rings (SSSR count). The van der Waals surface area contributed by atoms with E-state index in [9.17, 15) is 4.80 Å². The molecule has 0 aliphatic carbocycles. The second-order valence-corrected chi connectivity index (χ2v) is 2.51. The van der Waals surface area contributed by atoms with Gasteiger partial charge in [0.25, 0.3) is 0 Å². The number of nitriles is 1. The average molecular weight is 114 g/mol. The lowest BCUT2D eigenvalue weighted by Crippen LogP contribution is -1.93. The highest BCUT2D eigenvalue weighted by atomic mass is 28.2. The maximum Gasteiger partial charge on any atom is 0.208 e. The first-order chi connectivity index (χ1) is 3.31. The molecule has 2 nitrogen and oxygen atoms in total. The van der Waals surface area contributed by atoms with E-state index in [1.807, 2.05) is 6.07 Å². The molecule has 0 heterocycles. The fourth-order valence-corrected chi connectivity index (χ4v) is 0.724. The van der Waals surface area contributed by atoms with Crippen molar-refractivity contribution in [1.82, 2.24) is 0 Å². The van der Waals surface area contributed by atoms with Crippen molar-refractivity contribution in [3.63, 3.8) is 0 Å². The molecule has 0 aliphatic heterocycles. The third-order valence-electron chi connectivity index (χ3n) is 0.771. The quantitative estimate of drug-likeness (QED) is 0.469. The van der Waals surface area contributed by atoms with Gasteiger partial charge in [-0.25, -0.2) is 0 Å². The molecule has 0 aliphatic rings. The summed E-state index contributed by atoms with van der Waals surface area (Å²) >= 11 is 0. The van der Waals surface area contributed by atoms with Gasteiger partial charge in [0.05, 0.1) is 6.07 Å². The molecule has 0 aromatic heterocycles. The lowest BCUT2D eigenvalue weighted by Gasteiger charge is -1.90. The first-order valence-corrected chi connectivity index (χ1v) is 3.86. The third kappa shape index (κ3) is 3.50. The summed E-state index contributed by atoms with van der Waals surface area (Å²) in [4.78, 5) is 9.89. The molecule has 0 N–H and O–H groups in total. The summed E-state index contributed by atoms with van der Waals surface area (Å²) in [5, 5.41) is 8.10. The minimum Gasteiger partial charge on any atom is -0.306 e. The molecule has 7 heavy (non-hydrogen) atoms. The summed E-state index contributed by atoms with van der Waals surface area (Å²) in [7, 11) is -1.12. The van der Waals surface area contributed by atoms with Crippen LogP contribution in [0.1, 0.15) is 6.92 Å². The van der Waals surface area contributed by atoms with E-state index in [1.165, 1.54) is 0 Å². The molecule has 0 saturated carbocycles. The maximum absolute atomic E-state index is 9.89. The monoisotopic (exact) mass is 114 g/mol. The normalized spacial score (nSPS) is 14.4. The Balaban J connectivity index is 3.04. The number of rotatable bonds is 2. The van der Waals surface area contributed by atoms with Gasteiger partial charge in [0.2, 0.25) is 9.76 Å². The lowest BCUT2D eigenvalue weighted by molar-refractivity contribution is 0.467. The van der Waals surface area contributed by atoms with Crippen molar-refractivity contribution in [1.29, 1.82) is 5.26 Å². The summed E-state index contributed by atoms with van der Waals surface area (Å²) in [6.45, 7) is 1.78. The number of hydrogen-bond acceptors (Lipinski definition) is 1. The third-order valence-corrected chi connectivity index (χ3v) is 1.87. The van der Waals surface area contributed by atoms with Crippen LogP contribution in [0.3, 0.4) is 0 Å². The van der Waals surface area contributed by atoms with E-state index in [2.05, 4.69) is 0 Å². The Labute approximate surface area is 45.7 Å². The predicted molar refractivity (Wildman–Crippen MR) is 28.8 cm³/mol. The molecular formula is C4H8NOSi. The van der Waals surface area contributed by atoms with Crippen molar-refractivity contribution >= 4 is 9.76 Å². The molecule has 0 fully saturated rings. The zero-order valence-corrected chi connectivity index (χ0v) is 5.76. The fraction of sp³-hybridized carbons (Fsp3) is 0.750. The van der Waals surface area contributed by atoms with Crippen molar-refractivity contribution in [2.45, 2.75) is 13.0 Å². The van der Waals surface area contributed by atoms with Gasteiger partial charge in [0, 0.05) is 5.92 Å². The molecule has 0 aromatic rings. The first-order valence-electron chi connectivity index (χ1n) is 2.29. The standard InChI is InChI=1S/C4H8NOSi/c1-4(2-5)3-7-6/h4H,3,7H2,1H3. The molecule has 1 radical (unpaired) electrons. The van der Waals surface area contributed by atoms with Gasteiger partial charge in [-0.3, -0.25) is 0 Å². The molecule has 0 aromatic carbocycles. The van der Waals surface area contributed by atoms with E-state index in [4.69, 9.17) is 5.26 Å². The summed E-state index contributed by atoms with van der Waals surface area (Å²) in [6, 6.07) is 2.62.